The number of unbranched alkanes of at least 4 members (excludes halogenated alkanes) is 39. The second-order valence-corrected chi connectivity index (χ2v) is 22.9. The van der Waals surface area contributed by atoms with Crippen molar-refractivity contribution < 1.29 is 15.0 Å². The number of carbonyl (C=O) groups is 1. The molecule has 0 saturated carbocycles. The lowest BCUT2D eigenvalue weighted by Gasteiger charge is -2.20. The molecule has 0 saturated heterocycles. The summed E-state index contributed by atoms with van der Waals surface area (Å²) in [5.74, 6) is -0.0731. The number of carbonyl (C=O) groups excluding carboxylic acids is 1. The molecule has 0 bridgehead atoms. The minimum absolute atomic E-state index is 0.0731. The number of allylic oxidation sites excluding steroid dienone is 17. The van der Waals surface area contributed by atoms with E-state index in [-0.39, 0.29) is 12.5 Å². The lowest BCUT2D eigenvalue weighted by molar-refractivity contribution is -0.123. The Morgan fingerprint density at radius 2 is 0.564 bits per heavy atom. The van der Waals surface area contributed by atoms with Crippen LogP contribution in [0, 0.1) is 0 Å². The SMILES string of the molecule is CC/C=C\C/C=C\C/C=C\C/C=C\C/C=C\C/C=C\C/C=C\C/C=C\CCCCCCCCCCC(=O)NC(CO)C(O)/C=C/CCCCCCCCCCCCCCCCCCCCCCCCCCCCCCCCC. The van der Waals surface area contributed by atoms with Crippen LogP contribution >= 0.6 is 0 Å². The molecule has 0 spiro atoms. The van der Waals surface area contributed by atoms with Gasteiger partial charge in [-0.1, -0.05) is 354 Å². The molecule has 450 valence electrons. The molecule has 0 radical (unpaired) electrons. The van der Waals surface area contributed by atoms with Crippen LogP contribution in [0.5, 0.6) is 0 Å². The summed E-state index contributed by atoms with van der Waals surface area (Å²) in [6.45, 7) is 4.22. The Hall–Kier alpha value is -2.95. The van der Waals surface area contributed by atoms with Crippen molar-refractivity contribution in [1.29, 1.82) is 0 Å². The summed E-state index contributed by atoms with van der Waals surface area (Å²) in [5.41, 5.74) is 0. The number of nitrogens with one attached hydrogen (secondary N) is 1. The highest BCUT2D eigenvalue weighted by Crippen LogP contribution is 2.18. The Balaban J connectivity index is 3.53. The van der Waals surface area contributed by atoms with Gasteiger partial charge in [0, 0.05) is 6.42 Å². The maximum absolute atomic E-state index is 12.5. The molecule has 0 aromatic rings. The van der Waals surface area contributed by atoms with Gasteiger partial charge < -0.3 is 15.5 Å². The summed E-state index contributed by atoms with van der Waals surface area (Å²) in [6.07, 6.45) is 103. The van der Waals surface area contributed by atoms with Crippen LogP contribution in [-0.2, 0) is 4.79 Å². The van der Waals surface area contributed by atoms with E-state index in [0.717, 1.165) is 89.9 Å². The molecule has 0 fully saturated rings. The van der Waals surface area contributed by atoms with Crippen LogP contribution in [0.1, 0.15) is 335 Å². The highest BCUT2D eigenvalue weighted by atomic mass is 16.3. The summed E-state index contributed by atoms with van der Waals surface area (Å²) >= 11 is 0. The molecule has 0 heterocycles. The van der Waals surface area contributed by atoms with Crippen LogP contribution in [0.2, 0.25) is 0 Å². The highest BCUT2D eigenvalue weighted by molar-refractivity contribution is 5.76. The van der Waals surface area contributed by atoms with Gasteiger partial charge in [-0.25, -0.2) is 0 Å². The average Bonchev–Trinajstić information content (AvgIpc) is 3.44. The molecule has 1 amide bonds. The first-order valence-electron chi connectivity index (χ1n) is 34.1. The average molecular weight is 1080 g/mol. The number of hydrogen-bond acceptors (Lipinski definition) is 3. The van der Waals surface area contributed by atoms with Crippen LogP contribution in [-0.4, -0.2) is 34.9 Å². The molecule has 2 unspecified atom stereocenters. The van der Waals surface area contributed by atoms with Gasteiger partial charge in [0.05, 0.1) is 18.8 Å². The van der Waals surface area contributed by atoms with Gasteiger partial charge in [0.15, 0.2) is 0 Å². The molecule has 0 aliphatic heterocycles. The normalized spacial score (nSPS) is 13.4. The van der Waals surface area contributed by atoms with Crippen molar-refractivity contribution in [3.05, 3.63) is 109 Å². The van der Waals surface area contributed by atoms with E-state index in [9.17, 15) is 15.0 Å². The molecule has 2 atom stereocenters. The number of amides is 1. The maximum Gasteiger partial charge on any atom is 0.220 e. The second-order valence-electron chi connectivity index (χ2n) is 22.9. The van der Waals surface area contributed by atoms with Crippen molar-refractivity contribution in [2.75, 3.05) is 6.61 Å². The summed E-state index contributed by atoms with van der Waals surface area (Å²) in [4.78, 5) is 12.5. The third-order valence-electron chi connectivity index (χ3n) is 15.3. The van der Waals surface area contributed by atoms with Gasteiger partial charge in [0.2, 0.25) is 5.91 Å². The fourth-order valence-corrected chi connectivity index (χ4v) is 10.1. The smallest absolute Gasteiger partial charge is 0.220 e. The molecular weight excluding hydrogens is 951 g/mol. The summed E-state index contributed by atoms with van der Waals surface area (Å²) in [6, 6.07) is -0.637. The zero-order valence-electron chi connectivity index (χ0n) is 51.9. The quantitative estimate of drug-likeness (QED) is 0.0420. The van der Waals surface area contributed by atoms with Gasteiger partial charge in [-0.05, 0) is 83.5 Å². The van der Waals surface area contributed by atoms with E-state index < -0.39 is 12.1 Å². The number of aliphatic hydroxyl groups excluding tert-OH is 2. The Morgan fingerprint density at radius 1 is 0.321 bits per heavy atom. The van der Waals surface area contributed by atoms with Crippen molar-refractivity contribution in [2.45, 2.75) is 347 Å². The van der Waals surface area contributed by atoms with E-state index in [0.29, 0.717) is 6.42 Å². The standard InChI is InChI=1S/C74H131NO3/c1-3-5-7-9-11-13-15-17-19-21-23-25-27-29-31-33-35-37-39-41-43-45-47-49-51-53-55-57-59-61-63-65-67-69-73(77)72(71-76)75-74(78)70-68-66-64-62-60-58-56-54-52-50-48-46-44-42-40-38-36-34-32-30-28-26-24-22-20-18-16-14-12-10-8-6-4-2/h6,8,12,14,18,20,24,26,30,32,36,38,42,44,48,50,67,69,72-73,76-77H,3-5,7,9-11,13,15-17,19,21-23,25,27-29,31,33-35,37,39-41,43,45-47,49,51-66,68,70-71H2,1-2H3,(H,75,78)/b8-6-,14-12-,20-18-,26-24-,32-30-,38-36-,44-42-,50-48-,69-67+. The predicted octanol–water partition coefficient (Wildman–Crippen LogP) is 23.4. The first-order chi connectivity index (χ1) is 38.7. The molecule has 78 heavy (non-hydrogen) atoms. The number of aliphatic hydroxyl groups is 2. The molecule has 0 aliphatic carbocycles. The van der Waals surface area contributed by atoms with Crippen LogP contribution in [0.25, 0.3) is 0 Å². The zero-order chi connectivity index (χ0) is 56.2. The lowest BCUT2D eigenvalue weighted by atomic mass is 10.0. The van der Waals surface area contributed by atoms with E-state index in [1.165, 1.54) is 225 Å². The summed E-state index contributed by atoms with van der Waals surface area (Å²) in [7, 11) is 0. The Morgan fingerprint density at radius 3 is 0.846 bits per heavy atom. The fraction of sp³-hybridized carbons (Fsp3) is 0.743. The number of rotatable bonds is 62. The number of hydrogen-bond donors (Lipinski definition) is 3. The van der Waals surface area contributed by atoms with Crippen molar-refractivity contribution >= 4 is 5.91 Å². The Kier molecular flexibility index (Phi) is 65.7. The topological polar surface area (TPSA) is 69.6 Å². The third-order valence-corrected chi connectivity index (χ3v) is 15.3. The van der Waals surface area contributed by atoms with Gasteiger partial charge in [0.1, 0.15) is 0 Å². The van der Waals surface area contributed by atoms with Gasteiger partial charge in [0.25, 0.3) is 0 Å². The first-order valence-corrected chi connectivity index (χ1v) is 34.1. The van der Waals surface area contributed by atoms with Crippen molar-refractivity contribution in [2.24, 2.45) is 0 Å². The van der Waals surface area contributed by atoms with Gasteiger partial charge >= 0.3 is 0 Å². The molecule has 3 N–H and O–H groups in total. The van der Waals surface area contributed by atoms with Crippen molar-refractivity contribution in [3.8, 4) is 0 Å². The van der Waals surface area contributed by atoms with Gasteiger partial charge in [-0.2, -0.15) is 0 Å². The minimum atomic E-state index is -0.852. The van der Waals surface area contributed by atoms with Crippen LogP contribution in [0.15, 0.2) is 109 Å². The Bertz CT molecular complexity index is 1460. The second kappa shape index (κ2) is 68.3. The van der Waals surface area contributed by atoms with Crippen LogP contribution in [0.4, 0.5) is 0 Å². The van der Waals surface area contributed by atoms with Gasteiger partial charge in [-0.15, -0.1) is 0 Å². The molecular formula is C74H131NO3. The predicted molar refractivity (Wildman–Crippen MR) is 349 cm³/mol. The third kappa shape index (κ3) is 63.9. The van der Waals surface area contributed by atoms with Gasteiger partial charge in [-0.3, -0.25) is 4.79 Å². The van der Waals surface area contributed by atoms with E-state index in [4.69, 9.17) is 0 Å². The first kappa shape index (κ1) is 75.0. The van der Waals surface area contributed by atoms with E-state index in [1.54, 1.807) is 6.08 Å². The molecule has 0 aliphatic rings. The molecule has 0 aromatic carbocycles. The highest BCUT2D eigenvalue weighted by Gasteiger charge is 2.18. The van der Waals surface area contributed by atoms with Crippen molar-refractivity contribution in [1.82, 2.24) is 5.32 Å². The Labute approximate surface area is 486 Å². The van der Waals surface area contributed by atoms with E-state index in [1.807, 2.05) is 6.08 Å². The summed E-state index contributed by atoms with van der Waals surface area (Å²) in [5, 5.41) is 23.3. The van der Waals surface area contributed by atoms with E-state index in [2.05, 4.69) is 116 Å². The lowest BCUT2D eigenvalue weighted by Crippen LogP contribution is -2.45. The monoisotopic (exact) mass is 1080 g/mol. The minimum Gasteiger partial charge on any atom is -0.394 e. The van der Waals surface area contributed by atoms with Crippen LogP contribution in [0.3, 0.4) is 0 Å². The zero-order valence-corrected chi connectivity index (χ0v) is 51.9. The summed E-state index contributed by atoms with van der Waals surface area (Å²) < 4.78 is 0. The molecule has 0 aromatic heterocycles. The molecule has 0 rings (SSSR count). The molecule has 4 heteroatoms. The van der Waals surface area contributed by atoms with Crippen LogP contribution < -0.4 is 5.32 Å². The van der Waals surface area contributed by atoms with Crippen molar-refractivity contribution in [3.63, 3.8) is 0 Å². The van der Waals surface area contributed by atoms with E-state index >= 15 is 0 Å². The largest absolute Gasteiger partial charge is 0.394 e. The molecule has 4 nitrogen and oxygen atoms in total. The fourth-order valence-electron chi connectivity index (χ4n) is 10.1. The maximum atomic E-state index is 12.5.